The van der Waals surface area contributed by atoms with Gasteiger partial charge in [-0.3, -0.25) is 4.79 Å². The number of carbonyl (C=O) groups excluding carboxylic acids is 1. The molecule has 2 aromatic carbocycles. The maximum Gasteiger partial charge on any atom is 0.257 e. The third-order valence-electron chi connectivity index (χ3n) is 3.53. The highest BCUT2D eigenvalue weighted by Crippen LogP contribution is 2.25. The summed E-state index contributed by atoms with van der Waals surface area (Å²) >= 11 is 6.11. The molecule has 1 amide bonds. The molecule has 0 spiro atoms. The first-order valence-corrected chi connectivity index (χ1v) is 7.58. The SMILES string of the molecule is Cc1onc(-c2ccccc2)c1C(=O)NCc1ccccc1Cl. The van der Waals surface area contributed by atoms with Crippen molar-refractivity contribution in [2.75, 3.05) is 0 Å². The van der Waals surface area contributed by atoms with Crippen molar-refractivity contribution in [3.05, 3.63) is 76.5 Å². The monoisotopic (exact) mass is 326 g/mol. The number of amides is 1. The van der Waals surface area contributed by atoms with Gasteiger partial charge < -0.3 is 9.84 Å². The van der Waals surface area contributed by atoms with Gasteiger partial charge in [-0.05, 0) is 18.6 Å². The Kier molecular flexibility index (Phi) is 4.44. The van der Waals surface area contributed by atoms with Crippen LogP contribution in [0.4, 0.5) is 0 Å². The normalized spacial score (nSPS) is 10.5. The molecule has 4 nitrogen and oxygen atoms in total. The van der Waals surface area contributed by atoms with E-state index in [-0.39, 0.29) is 5.91 Å². The maximum absolute atomic E-state index is 12.6. The van der Waals surface area contributed by atoms with Crippen LogP contribution in [0.1, 0.15) is 21.7 Å². The zero-order valence-corrected chi connectivity index (χ0v) is 13.3. The molecule has 1 N–H and O–H groups in total. The van der Waals surface area contributed by atoms with E-state index in [1.54, 1.807) is 13.0 Å². The second-order valence-electron chi connectivity index (χ2n) is 5.10. The second kappa shape index (κ2) is 6.67. The molecule has 3 aromatic rings. The van der Waals surface area contributed by atoms with Gasteiger partial charge in [0.1, 0.15) is 17.0 Å². The summed E-state index contributed by atoms with van der Waals surface area (Å²) in [5.74, 6) is 0.253. The lowest BCUT2D eigenvalue weighted by Gasteiger charge is -2.07. The minimum absolute atomic E-state index is 0.234. The Morgan fingerprint density at radius 1 is 1.13 bits per heavy atom. The van der Waals surface area contributed by atoms with E-state index < -0.39 is 0 Å². The van der Waals surface area contributed by atoms with Gasteiger partial charge in [0, 0.05) is 17.1 Å². The van der Waals surface area contributed by atoms with Crippen molar-refractivity contribution >= 4 is 17.5 Å². The summed E-state index contributed by atoms with van der Waals surface area (Å²) in [5, 5.41) is 7.51. The number of rotatable bonds is 4. The summed E-state index contributed by atoms with van der Waals surface area (Å²) in [6.45, 7) is 2.07. The number of aryl methyl sites for hydroxylation is 1. The van der Waals surface area contributed by atoms with E-state index >= 15 is 0 Å². The largest absolute Gasteiger partial charge is 0.360 e. The van der Waals surface area contributed by atoms with Crippen molar-refractivity contribution in [2.45, 2.75) is 13.5 Å². The van der Waals surface area contributed by atoms with E-state index in [1.165, 1.54) is 0 Å². The van der Waals surface area contributed by atoms with E-state index in [4.69, 9.17) is 16.1 Å². The lowest BCUT2D eigenvalue weighted by Crippen LogP contribution is -2.23. The van der Waals surface area contributed by atoms with Gasteiger partial charge in [-0.1, -0.05) is 65.3 Å². The second-order valence-corrected chi connectivity index (χ2v) is 5.51. The Hall–Kier alpha value is -2.59. The first-order chi connectivity index (χ1) is 11.2. The lowest BCUT2D eigenvalue weighted by atomic mass is 10.1. The van der Waals surface area contributed by atoms with Crippen molar-refractivity contribution in [3.63, 3.8) is 0 Å². The molecule has 0 aliphatic heterocycles. The Morgan fingerprint density at radius 2 is 1.83 bits per heavy atom. The highest BCUT2D eigenvalue weighted by atomic mass is 35.5. The van der Waals surface area contributed by atoms with E-state index in [0.29, 0.717) is 28.6 Å². The molecule has 0 atom stereocenters. The van der Waals surface area contributed by atoms with Gasteiger partial charge in [-0.25, -0.2) is 0 Å². The number of hydrogen-bond acceptors (Lipinski definition) is 3. The van der Waals surface area contributed by atoms with Gasteiger partial charge in [0.25, 0.3) is 5.91 Å². The maximum atomic E-state index is 12.6. The molecular weight excluding hydrogens is 312 g/mol. The molecule has 23 heavy (non-hydrogen) atoms. The van der Waals surface area contributed by atoms with E-state index in [1.807, 2.05) is 48.5 Å². The van der Waals surface area contributed by atoms with Crippen molar-refractivity contribution in [1.82, 2.24) is 10.5 Å². The number of aromatic nitrogens is 1. The van der Waals surface area contributed by atoms with Crippen LogP contribution in [0.3, 0.4) is 0 Å². The highest BCUT2D eigenvalue weighted by Gasteiger charge is 2.21. The average Bonchev–Trinajstić information content (AvgIpc) is 2.96. The minimum Gasteiger partial charge on any atom is -0.360 e. The summed E-state index contributed by atoms with van der Waals surface area (Å²) in [6, 6.07) is 16.9. The molecule has 1 heterocycles. The smallest absolute Gasteiger partial charge is 0.257 e. The molecule has 1 aromatic heterocycles. The first kappa shape index (κ1) is 15.3. The first-order valence-electron chi connectivity index (χ1n) is 7.20. The van der Waals surface area contributed by atoms with Crippen LogP contribution in [0.2, 0.25) is 5.02 Å². The molecule has 0 bridgehead atoms. The topological polar surface area (TPSA) is 55.1 Å². The molecule has 0 radical (unpaired) electrons. The van der Waals surface area contributed by atoms with Crippen molar-refractivity contribution < 1.29 is 9.32 Å². The summed E-state index contributed by atoms with van der Waals surface area (Å²) in [6.07, 6.45) is 0. The van der Waals surface area contributed by atoms with Crippen molar-refractivity contribution in [2.24, 2.45) is 0 Å². The molecule has 116 valence electrons. The third kappa shape index (κ3) is 3.27. The standard InChI is InChI=1S/C18H15ClN2O2/c1-12-16(17(21-23-12)13-7-3-2-4-8-13)18(22)20-11-14-9-5-6-10-15(14)19/h2-10H,11H2,1H3,(H,20,22). The van der Waals surface area contributed by atoms with E-state index in [9.17, 15) is 4.79 Å². The fraction of sp³-hybridized carbons (Fsp3) is 0.111. The van der Waals surface area contributed by atoms with Gasteiger partial charge in [-0.15, -0.1) is 0 Å². The fourth-order valence-corrected chi connectivity index (χ4v) is 2.54. The summed E-state index contributed by atoms with van der Waals surface area (Å²) < 4.78 is 5.21. The molecule has 5 heteroatoms. The Morgan fingerprint density at radius 3 is 2.57 bits per heavy atom. The number of nitrogens with one attached hydrogen (secondary N) is 1. The summed E-state index contributed by atoms with van der Waals surface area (Å²) in [5.41, 5.74) is 2.69. The van der Waals surface area contributed by atoms with Crippen molar-refractivity contribution in [1.29, 1.82) is 0 Å². The molecule has 0 saturated carbocycles. The number of carbonyl (C=O) groups is 1. The molecule has 0 aliphatic rings. The van der Waals surface area contributed by atoms with Gasteiger partial charge in [0.15, 0.2) is 0 Å². The van der Waals surface area contributed by atoms with Gasteiger partial charge >= 0.3 is 0 Å². The Bertz CT molecular complexity index is 828. The van der Waals surface area contributed by atoms with Crippen LogP contribution < -0.4 is 5.32 Å². The average molecular weight is 327 g/mol. The fourth-order valence-electron chi connectivity index (χ4n) is 2.34. The number of benzene rings is 2. The molecule has 0 saturated heterocycles. The quantitative estimate of drug-likeness (QED) is 0.780. The van der Waals surface area contributed by atoms with Gasteiger partial charge in [0.05, 0.1) is 0 Å². The van der Waals surface area contributed by atoms with Crippen LogP contribution in [-0.4, -0.2) is 11.1 Å². The third-order valence-corrected chi connectivity index (χ3v) is 3.90. The van der Waals surface area contributed by atoms with Gasteiger partial charge in [-0.2, -0.15) is 0 Å². The number of nitrogens with zero attached hydrogens (tertiary/aromatic N) is 1. The van der Waals surface area contributed by atoms with E-state index in [0.717, 1.165) is 11.1 Å². The van der Waals surface area contributed by atoms with Gasteiger partial charge in [0.2, 0.25) is 0 Å². The van der Waals surface area contributed by atoms with Crippen LogP contribution in [0.25, 0.3) is 11.3 Å². The molecular formula is C18H15ClN2O2. The Balaban J connectivity index is 1.83. The number of hydrogen-bond donors (Lipinski definition) is 1. The van der Waals surface area contributed by atoms with Crippen LogP contribution in [-0.2, 0) is 6.54 Å². The predicted octanol–water partition coefficient (Wildman–Crippen LogP) is 4.23. The van der Waals surface area contributed by atoms with E-state index in [2.05, 4.69) is 10.5 Å². The molecule has 0 aliphatic carbocycles. The predicted molar refractivity (Wildman–Crippen MR) is 89.3 cm³/mol. The van der Waals surface area contributed by atoms with Crippen LogP contribution in [0.15, 0.2) is 59.1 Å². The molecule has 3 rings (SSSR count). The number of halogens is 1. The summed E-state index contributed by atoms with van der Waals surface area (Å²) in [4.78, 5) is 12.6. The zero-order valence-electron chi connectivity index (χ0n) is 12.5. The molecule has 0 unspecified atom stereocenters. The zero-order chi connectivity index (χ0) is 16.2. The Labute approximate surface area is 139 Å². The molecule has 0 fully saturated rings. The van der Waals surface area contributed by atoms with Crippen LogP contribution >= 0.6 is 11.6 Å². The van der Waals surface area contributed by atoms with Crippen molar-refractivity contribution in [3.8, 4) is 11.3 Å². The minimum atomic E-state index is -0.234. The lowest BCUT2D eigenvalue weighted by molar-refractivity contribution is 0.0950. The van der Waals surface area contributed by atoms with Crippen LogP contribution in [0, 0.1) is 6.92 Å². The summed E-state index contributed by atoms with van der Waals surface area (Å²) in [7, 11) is 0. The highest BCUT2D eigenvalue weighted by molar-refractivity contribution is 6.31. The van der Waals surface area contributed by atoms with Crippen LogP contribution in [0.5, 0.6) is 0 Å².